The average molecular weight is 241 g/mol. The van der Waals surface area contributed by atoms with Gasteiger partial charge in [-0.25, -0.2) is 0 Å². The summed E-state index contributed by atoms with van der Waals surface area (Å²) in [7, 11) is 3.14. The normalized spacial score (nSPS) is 11.9. The second-order valence-corrected chi connectivity index (χ2v) is 3.72. The van der Waals surface area contributed by atoms with E-state index in [-0.39, 0.29) is 32.0 Å². The molecule has 0 saturated carbocycles. The lowest BCUT2D eigenvalue weighted by molar-refractivity contribution is -0.147. The van der Waals surface area contributed by atoms with Crippen molar-refractivity contribution in [1.82, 2.24) is 9.80 Å². The van der Waals surface area contributed by atoms with Crippen molar-refractivity contribution in [1.29, 1.82) is 0 Å². The van der Waals surface area contributed by atoms with Crippen molar-refractivity contribution in [3.8, 4) is 0 Å². The number of carbonyl (C=O) groups is 1. The van der Waals surface area contributed by atoms with Gasteiger partial charge >= 0.3 is 6.18 Å². The van der Waals surface area contributed by atoms with Crippen molar-refractivity contribution in [2.75, 3.05) is 40.3 Å². The molecule has 0 spiro atoms. The molecule has 16 heavy (non-hydrogen) atoms. The fourth-order valence-corrected chi connectivity index (χ4v) is 1.18. The van der Waals surface area contributed by atoms with E-state index in [1.807, 2.05) is 0 Å². The third kappa shape index (κ3) is 7.47. The number of alkyl halides is 3. The minimum Gasteiger partial charge on any atom is -0.349 e. The van der Waals surface area contributed by atoms with Crippen molar-refractivity contribution < 1.29 is 18.0 Å². The van der Waals surface area contributed by atoms with Gasteiger partial charge in [0.25, 0.3) is 0 Å². The molecule has 0 heterocycles. The average Bonchev–Trinajstić information content (AvgIpc) is 2.11. The molecule has 0 unspecified atom stereocenters. The topological polar surface area (TPSA) is 49.6 Å². The van der Waals surface area contributed by atoms with Crippen LogP contribution in [0.5, 0.6) is 0 Å². The number of nitrogens with zero attached hydrogens (tertiary/aromatic N) is 2. The number of halogens is 3. The van der Waals surface area contributed by atoms with Crippen LogP contribution in [-0.2, 0) is 4.79 Å². The summed E-state index contributed by atoms with van der Waals surface area (Å²) in [5.74, 6) is -0.191. The van der Waals surface area contributed by atoms with E-state index in [0.717, 1.165) is 4.90 Å². The molecule has 1 amide bonds. The van der Waals surface area contributed by atoms with Gasteiger partial charge in [-0.1, -0.05) is 0 Å². The van der Waals surface area contributed by atoms with E-state index < -0.39 is 12.7 Å². The molecule has 0 atom stereocenters. The first-order valence-electron chi connectivity index (χ1n) is 4.95. The first-order chi connectivity index (χ1) is 7.26. The third-order valence-electron chi connectivity index (χ3n) is 1.99. The van der Waals surface area contributed by atoms with Gasteiger partial charge in [-0.05, 0) is 0 Å². The molecule has 4 nitrogen and oxygen atoms in total. The van der Waals surface area contributed by atoms with Crippen molar-refractivity contribution in [3.05, 3.63) is 0 Å². The molecule has 0 aromatic heterocycles. The SMILES string of the molecule is CN(C)C(=O)CCN(CCN)CC(F)(F)F. The molecule has 0 radical (unpaired) electrons. The largest absolute Gasteiger partial charge is 0.401 e. The fourth-order valence-electron chi connectivity index (χ4n) is 1.18. The summed E-state index contributed by atoms with van der Waals surface area (Å²) in [5.41, 5.74) is 5.21. The Kier molecular flexibility index (Phi) is 6.35. The predicted molar refractivity (Wildman–Crippen MR) is 54.9 cm³/mol. The van der Waals surface area contributed by atoms with E-state index >= 15 is 0 Å². The number of carbonyl (C=O) groups excluding carboxylic acids is 1. The standard InChI is InChI=1S/C9H18F3N3O/c1-14(2)8(16)3-5-15(6-4-13)7-9(10,11)12/h3-7,13H2,1-2H3. The van der Waals surface area contributed by atoms with Crippen LogP contribution in [0.1, 0.15) is 6.42 Å². The summed E-state index contributed by atoms with van der Waals surface area (Å²) in [6, 6.07) is 0. The zero-order chi connectivity index (χ0) is 12.8. The molecule has 0 bridgehead atoms. The lowest BCUT2D eigenvalue weighted by atomic mass is 10.3. The van der Waals surface area contributed by atoms with Gasteiger partial charge in [0.15, 0.2) is 0 Å². The van der Waals surface area contributed by atoms with E-state index in [2.05, 4.69) is 0 Å². The second kappa shape index (κ2) is 6.70. The number of hydrogen-bond acceptors (Lipinski definition) is 3. The van der Waals surface area contributed by atoms with E-state index in [1.165, 1.54) is 4.90 Å². The van der Waals surface area contributed by atoms with Crippen molar-refractivity contribution in [3.63, 3.8) is 0 Å². The van der Waals surface area contributed by atoms with Crippen LogP contribution in [0.3, 0.4) is 0 Å². The minimum atomic E-state index is -4.25. The van der Waals surface area contributed by atoms with E-state index in [1.54, 1.807) is 14.1 Å². The second-order valence-electron chi connectivity index (χ2n) is 3.72. The molecule has 0 rings (SSSR count). The molecule has 96 valence electrons. The van der Waals surface area contributed by atoms with Gasteiger partial charge in [0.1, 0.15) is 0 Å². The minimum absolute atomic E-state index is 0.0725. The van der Waals surface area contributed by atoms with Crippen LogP contribution in [0.4, 0.5) is 13.2 Å². The van der Waals surface area contributed by atoms with Crippen LogP contribution in [0, 0.1) is 0 Å². The highest BCUT2D eigenvalue weighted by atomic mass is 19.4. The van der Waals surface area contributed by atoms with Crippen LogP contribution in [0.2, 0.25) is 0 Å². The maximum atomic E-state index is 12.1. The highest BCUT2D eigenvalue weighted by molar-refractivity contribution is 5.75. The number of hydrogen-bond donors (Lipinski definition) is 1. The first kappa shape index (κ1) is 15.2. The fraction of sp³-hybridized carbons (Fsp3) is 0.889. The highest BCUT2D eigenvalue weighted by Crippen LogP contribution is 2.16. The molecular weight excluding hydrogens is 223 g/mol. The van der Waals surface area contributed by atoms with Gasteiger partial charge in [-0.2, -0.15) is 13.2 Å². The molecule has 0 aliphatic rings. The molecule has 0 aromatic rings. The Morgan fingerprint density at radius 1 is 1.25 bits per heavy atom. The van der Waals surface area contributed by atoms with Crippen molar-refractivity contribution in [2.45, 2.75) is 12.6 Å². The Hall–Kier alpha value is -0.820. The first-order valence-corrected chi connectivity index (χ1v) is 4.95. The smallest absolute Gasteiger partial charge is 0.349 e. The van der Waals surface area contributed by atoms with Gasteiger partial charge in [0, 0.05) is 40.2 Å². The van der Waals surface area contributed by atoms with Gasteiger partial charge in [-0.3, -0.25) is 9.69 Å². The molecule has 2 N–H and O–H groups in total. The molecular formula is C9H18F3N3O. The Bertz CT molecular complexity index is 219. The summed E-state index contributed by atoms with van der Waals surface area (Å²) >= 11 is 0. The van der Waals surface area contributed by atoms with Crippen molar-refractivity contribution in [2.24, 2.45) is 5.73 Å². The maximum absolute atomic E-state index is 12.1. The molecule has 7 heteroatoms. The van der Waals surface area contributed by atoms with Crippen LogP contribution < -0.4 is 5.73 Å². The molecule has 0 saturated heterocycles. The monoisotopic (exact) mass is 241 g/mol. The van der Waals surface area contributed by atoms with Crippen LogP contribution in [0.15, 0.2) is 0 Å². The third-order valence-corrected chi connectivity index (χ3v) is 1.99. The quantitative estimate of drug-likeness (QED) is 0.727. The lowest BCUT2D eigenvalue weighted by Gasteiger charge is -2.23. The van der Waals surface area contributed by atoms with Crippen LogP contribution in [0.25, 0.3) is 0 Å². The van der Waals surface area contributed by atoms with E-state index in [4.69, 9.17) is 5.73 Å². The van der Waals surface area contributed by atoms with Gasteiger partial charge < -0.3 is 10.6 Å². The van der Waals surface area contributed by atoms with Gasteiger partial charge in [0.2, 0.25) is 5.91 Å². The Morgan fingerprint density at radius 3 is 2.19 bits per heavy atom. The van der Waals surface area contributed by atoms with Gasteiger partial charge in [0.05, 0.1) is 6.54 Å². The molecule has 0 aliphatic carbocycles. The summed E-state index contributed by atoms with van der Waals surface area (Å²) in [6.07, 6.45) is -4.18. The summed E-state index contributed by atoms with van der Waals surface area (Å²) < 4.78 is 36.4. The summed E-state index contributed by atoms with van der Waals surface area (Å²) in [4.78, 5) is 13.7. The Balaban J connectivity index is 4.08. The van der Waals surface area contributed by atoms with E-state index in [0.29, 0.717) is 0 Å². The zero-order valence-electron chi connectivity index (χ0n) is 9.55. The Morgan fingerprint density at radius 2 is 1.81 bits per heavy atom. The molecule has 0 aromatic carbocycles. The van der Waals surface area contributed by atoms with Gasteiger partial charge in [-0.15, -0.1) is 0 Å². The zero-order valence-corrected chi connectivity index (χ0v) is 9.55. The maximum Gasteiger partial charge on any atom is 0.401 e. The number of amides is 1. The van der Waals surface area contributed by atoms with E-state index in [9.17, 15) is 18.0 Å². The Labute approximate surface area is 93.2 Å². The predicted octanol–water partition coefficient (Wildman–Crippen LogP) is 0.288. The van der Waals surface area contributed by atoms with Crippen molar-refractivity contribution >= 4 is 5.91 Å². The number of rotatable bonds is 6. The van der Waals surface area contributed by atoms with Crippen LogP contribution >= 0.6 is 0 Å². The molecule has 0 aliphatic heterocycles. The summed E-state index contributed by atoms with van der Waals surface area (Å²) in [6.45, 7) is -0.662. The highest BCUT2D eigenvalue weighted by Gasteiger charge is 2.30. The lowest BCUT2D eigenvalue weighted by Crippen LogP contribution is -2.39. The van der Waals surface area contributed by atoms with Crippen LogP contribution in [-0.4, -0.2) is 62.2 Å². The summed E-state index contributed by atoms with van der Waals surface area (Å²) in [5, 5.41) is 0. The molecule has 0 fully saturated rings. The number of nitrogens with two attached hydrogens (primary N) is 1.